The Morgan fingerprint density at radius 3 is 2.75 bits per heavy atom. The summed E-state index contributed by atoms with van der Waals surface area (Å²) in [5.41, 5.74) is 7.27. The molecule has 1 unspecified atom stereocenters. The van der Waals surface area contributed by atoms with Crippen molar-refractivity contribution in [3.8, 4) is 0 Å². The molecule has 0 aromatic heterocycles. The zero-order chi connectivity index (χ0) is 14.4. The van der Waals surface area contributed by atoms with Crippen molar-refractivity contribution in [3.05, 3.63) is 33.4 Å². The quantitative estimate of drug-likeness (QED) is 0.625. The van der Waals surface area contributed by atoms with Crippen LogP contribution in [0.25, 0.3) is 0 Å². The molecule has 1 aliphatic rings. The lowest BCUT2D eigenvalue weighted by Gasteiger charge is -2.30. The zero-order valence-electron chi connectivity index (χ0n) is 11.9. The van der Waals surface area contributed by atoms with Crippen LogP contribution in [0.1, 0.15) is 37.7 Å². The fourth-order valence-corrected chi connectivity index (χ4v) is 3.01. The second-order valence-corrected chi connectivity index (χ2v) is 6.82. The lowest BCUT2D eigenvalue weighted by atomic mass is 10.0. The molecule has 2 rings (SSSR count). The molecule has 1 amide bonds. The van der Waals surface area contributed by atoms with Crippen molar-refractivity contribution in [2.24, 2.45) is 5.73 Å². The molecule has 1 aromatic carbocycles. The maximum absolute atomic E-state index is 12.1. The van der Waals surface area contributed by atoms with Crippen LogP contribution in [0.5, 0.6) is 0 Å². The van der Waals surface area contributed by atoms with Gasteiger partial charge in [0.25, 0.3) is 0 Å². The van der Waals surface area contributed by atoms with Gasteiger partial charge >= 0.3 is 0 Å². The average molecular weight is 386 g/mol. The molecule has 110 valence electrons. The molecule has 1 saturated heterocycles. The van der Waals surface area contributed by atoms with Crippen LogP contribution in [0.4, 0.5) is 0 Å². The number of piperidine rings is 1. The summed E-state index contributed by atoms with van der Waals surface area (Å²) in [6, 6.07) is 8.80. The van der Waals surface area contributed by atoms with Gasteiger partial charge in [-0.15, -0.1) is 0 Å². The third kappa shape index (κ3) is 5.05. The molecule has 0 radical (unpaired) electrons. The van der Waals surface area contributed by atoms with Gasteiger partial charge in [-0.25, -0.2) is 0 Å². The number of benzene rings is 1. The van der Waals surface area contributed by atoms with E-state index in [-0.39, 0.29) is 11.9 Å². The van der Waals surface area contributed by atoms with E-state index < -0.39 is 0 Å². The second-order valence-electron chi connectivity index (χ2n) is 5.58. The number of nitrogens with zero attached hydrogens (tertiary/aromatic N) is 1. The molecule has 20 heavy (non-hydrogen) atoms. The Morgan fingerprint density at radius 2 is 2.05 bits per heavy atom. The second kappa shape index (κ2) is 7.98. The van der Waals surface area contributed by atoms with Gasteiger partial charge in [-0.3, -0.25) is 4.79 Å². The van der Waals surface area contributed by atoms with E-state index in [4.69, 9.17) is 5.73 Å². The van der Waals surface area contributed by atoms with E-state index in [1.807, 2.05) is 4.90 Å². The Balaban J connectivity index is 1.65. The summed E-state index contributed by atoms with van der Waals surface area (Å²) in [6.07, 6.45) is 5.87. The fraction of sp³-hybridized carbons (Fsp3) is 0.562. The Morgan fingerprint density at radius 1 is 1.30 bits per heavy atom. The highest BCUT2D eigenvalue weighted by Crippen LogP contribution is 2.13. The molecule has 2 N–H and O–H groups in total. The molecule has 0 saturated carbocycles. The monoisotopic (exact) mass is 386 g/mol. The molecular weight excluding hydrogens is 363 g/mol. The standard InChI is InChI=1S/C16H23IN2O/c17-14-9-7-13(8-10-14)4-1-2-6-16(20)19-11-3-5-15(18)12-19/h7-10,15H,1-6,11-12,18H2. The fourth-order valence-electron chi connectivity index (χ4n) is 2.65. The summed E-state index contributed by atoms with van der Waals surface area (Å²) < 4.78 is 1.27. The summed E-state index contributed by atoms with van der Waals surface area (Å²) >= 11 is 2.32. The van der Waals surface area contributed by atoms with E-state index in [1.165, 1.54) is 9.13 Å². The van der Waals surface area contributed by atoms with E-state index in [1.54, 1.807) is 0 Å². The molecular formula is C16H23IN2O. The van der Waals surface area contributed by atoms with Gasteiger partial charge in [0, 0.05) is 29.1 Å². The number of amides is 1. The number of aryl methyl sites for hydroxylation is 1. The van der Waals surface area contributed by atoms with E-state index in [0.29, 0.717) is 6.42 Å². The van der Waals surface area contributed by atoms with Gasteiger partial charge in [0.05, 0.1) is 0 Å². The number of halogens is 1. The molecule has 0 aliphatic carbocycles. The highest BCUT2D eigenvalue weighted by molar-refractivity contribution is 14.1. The number of unbranched alkanes of at least 4 members (excludes halogenated alkanes) is 1. The van der Waals surface area contributed by atoms with E-state index in [9.17, 15) is 4.79 Å². The first-order valence-corrected chi connectivity index (χ1v) is 8.51. The first-order chi connectivity index (χ1) is 9.65. The van der Waals surface area contributed by atoms with Gasteiger partial charge in [-0.2, -0.15) is 0 Å². The molecule has 1 aliphatic heterocycles. The highest BCUT2D eigenvalue weighted by atomic mass is 127. The number of nitrogens with two attached hydrogens (primary N) is 1. The Kier molecular flexibility index (Phi) is 6.29. The predicted molar refractivity (Wildman–Crippen MR) is 90.5 cm³/mol. The topological polar surface area (TPSA) is 46.3 Å². The van der Waals surface area contributed by atoms with Crippen molar-refractivity contribution in [1.82, 2.24) is 4.90 Å². The van der Waals surface area contributed by atoms with Crippen molar-refractivity contribution < 1.29 is 4.79 Å². The van der Waals surface area contributed by atoms with Crippen molar-refractivity contribution >= 4 is 28.5 Å². The van der Waals surface area contributed by atoms with Crippen molar-refractivity contribution in [3.63, 3.8) is 0 Å². The summed E-state index contributed by atoms with van der Waals surface area (Å²) in [4.78, 5) is 14.0. The van der Waals surface area contributed by atoms with Crippen LogP contribution in [0.15, 0.2) is 24.3 Å². The van der Waals surface area contributed by atoms with Gasteiger partial charge in [0.15, 0.2) is 0 Å². The van der Waals surface area contributed by atoms with Crippen LogP contribution in [-0.2, 0) is 11.2 Å². The minimum atomic E-state index is 0.180. The third-order valence-corrected chi connectivity index (χ3v) is 4.55. The first kappa shape index (κ1) is 15.8. The summed E-state index contributed by atoms with van der Waals surface area (Å²) in [5.74, 6) is 0.280. The molecule has 3 nitrogen and oxygen atoms in total. The third-order valence-electron chi connectivity index (χ3n) is 3.83. The van der Waals surface area contributed by atoms with Crippen molar-refractivity contribution in [2.45, 2.75) is 44.6 Å². The lowest BCUT2D eigenvalue weighted by Crippen LogP contribution is -2.45. The van der Waals surface area contributed by atoms with Crippen LogP contribution in [0.2, 0.25) is 0 Å². The average Bonchev–Trinajstić information content (AvgIpc) is 2.45. The summed E-state index contributed by atoms with van der Waals surface area (Å²) in [6.45, 7) is 1.64. The van der Waals surface area contributed by atoms with Crippen molar-refractivity contribution in [1.29, 1.82) is 0 Å². The normalized spacial score (nSPS) is 19.1. The minimum absolute atomic E-state index is 0.180. The highest BCUT2D eigenvalue weighted by Gasteiger charge is 2.20. The Labute approximate surface area is 135 Å². The van der Waals surface area contributed by atoms with Gasteiger partial charge in [0.2, 0.25) is 5.91 Å². The Bertz CT molecular complexity index is 433. The number of rotatable bonds is 5. The van der Waals surface area contributed by atoms with Gasteiger partial charge < -0.3 is 10.6 Å². The van der Waals surface area contributed by atoms with Gasteiger partial charge in [0.1, 0.15) is 0 Å². The Hall–Kier alpha value is -0.620. The molecule has 1 aromatic rings. The van der Waals surface area contributed by atoms with Crippen LogP contribution in [0, 0.1) is 3.57 Å². The summed E-state index contributed by atoms with van der Waals surface area (Å²) in [7, 11) is 0. The van der Waals surface area contributed by atoms with Gasteiger partial charge in [-0.05, 0) is 72.4 Å². The van der Waals surface area contributed by atoms with Crippen LogP contribution >= 0.6 is 22.6 Å². The smallest absolute Gasteiger partial charge is 0.222 e. The molecule has 0 spiro atoms. The maximum atomic E-state index is 12.1. The first-order valence-electron chi connectivity index (χ1n) is 7.43. The number of carbonyl (C=O) groups excluding carboxylic acids is 1. The molecule has 1 atom stereocenters. The van der Waals surface area contributed by atoms with Crippen LogP contribution in [-0.4, -0.2) is 29.9 Å². The molecule has 0 bridgehead atoms. The minimum Gasteiger partial charge on any atom is -0.341 e. The molecule has 4 heteroatoms. The van der Waals surface area contributed by atoms with Crippen LogP contribution < -0.4 is 5.73 Å². The SMILES string of the molecule is NC1CCCN(C(=O)CCCCc2ccc(I)cc2)C1. The largest absolute Gasteiger partial charge is 0.341 e. The summed E-state index contributed by atoms with van der Waals surface area (Å²) in [5, 5.41) is 0. The van der Waals surface area contributed by atoms with Crippen LogP contribution in [0.3, 0.4) is 0 Å². The van der Waals surface area contributed by atoms with E-state index >= 15 is 0 Å². The van der Waals surface area contributed by atoms with Gasteiger partial charge in [-0.1, -0.05) is 12.1 Å². The lowest BCUT2D eigenvalue weighted by molar-refractivity contribution is -0.132. The number of hydrogen-bond donors (Lipinski definition) is 1. The van der Waals surface area contributed by atoms with E-state index in [0.717, 1.165) is 45.2 Å². The predicted octanol–water partition coefficient (Wildman–Crippen LogP) is 2.95. The zero-order valence-corrected chi connectivity index (χ0v) is 14.0. The number of hydrogen-bond acceptors (Lipinski definition) is 2. The number of carbonyl (C=O) groups is 1. The molecule has 1 fully saturated rings. The van der Waals surface area contributed by atoms with E-state index in [2.05, 4.69) is 46.9 Å². The van der Waals surface area contributed by atoms with Crippen molar-refractivity contribution in [2.75, 3.05) is 13.1 Å². The number of likely N-dealkylation sites (tertiary alicyclic amines) is 1. The molecule has 1 heterocycles. The maximum Gasteiger partial charge on any atom is 0.222 e.